The van der Waals surface area contributed by atoms with Crippen molar-refractivity contribution in [1.82, 2.24) is 4.98 Å². The Morgan fingerprint density at radius 3 is 2.71 bits per heavy atom. The fourth-order valence-corrected chi connectivity index (χ4v) is 2.77. The van der Waals surface area contributed by atoms with E-state index in [1.807, 2.05) is 0 Å². The Balaban J connectivity index is 2.03. The summed E-state index contributed by atoms with van der Waals surface area (Å²) in [6.45, 7) is 1.95. The van der Waals surface area contributed by atoms with Gasteiger partial charge in [0.05, 0.1) is 36.4 Å². The summed E-state index contributed by atoms with van der Waals surface area (Å²) in [5.74, 6) is -1.82. The summed E-state index contributed by atoms with van der Waals surface area (Å²) in [5, 5.41) is 13.5. The van der Waals surface area contributed by atoms with Crippen molar-refractivity contribution < 1.29 is 24.2 Å². The Morgan fingerprint density at radius 2 is 2.00 bits per heavy atom. The highest BCUT2D eigenvalue weighted by Crippen LogP contribution is 2.17. The predicted octanol–water partition coefficient (Wildman–Crippen LogP) is 2.13. The number of carboxylic acid groups (broad SMARTS) is 1. The molecule has 2 N–H and O–H groups in total. The molecule has 0 saturated carbocycles. The van der Waals surface area contributed by atoms with Gasteiger partial charge in [0.15, 0.2) is 0 Å². The molecule has 0 bridgehead atoms. The van der Waals surface area contributed by atoms with Crippen LogP contribution in [0.1, 0.15) is 28.0 Å². The molecule has 1 aromatic heterocycles. The molecule has 1 aromatic carbocycles. The molecule has 0 unspecified atom stereocenters. The number of ether oxygens (including phenoxy) is 1. The molecule has 0 spiro atoms. The average Bonchev–Trinajstić information content (AvgIpc) is 2.94. The first kappa shape index (κ1) is 17.6. The second-order valence-corrected chi connectivity index (χ2v) is 5.74. The second kappa shape index (κ2) is 8.21. The number of benzene rings is 1. The van der Waals surface area contributed by atoms with Gasteiger partial charge in [-0.2, -0.15) is 0 Å². The summed E-state index contributed by atoms with van der Waals surface area (Å²) in [6.07, 6.45) is -0.175. The number of carbonyl (C=O) groups is 3. The van der Waals surface area contributed by atoms with Crippen LogP contribution in [0.3, 0.4) is 0 Å². The van der Waals surface area contributed by atoms with Gasteiger partial charge in [-0.15, -0.1) is 11.3 Å². The lowest BCUT2D eigenvalue weighted by molar-refractivity contribution is -0.136. The Labute approximate surface area is 142 Å². The molecule has 0 aliphatic heterocycles. The van der Waals surface area contributed by atoms with Crippen molar-refractivity contribution in [1.29, 1.82) is 0 Å². The summed E-state index contributed by atoms with van der Waals surface area (Å²) in [5.41, 5.74) is 1.06. The number of carboxylic acids is 1. The molecule has 0 aliphatic rings. The monoisotopic (exact) mass is 348 g/mol. The molecule has 1 heterocycles. The molecule has 0 fully saturated rings. The van der Waals surface area contributed by atoms with Crippen molar-refractivity contribution >= 4 is 34.9 Å². The maximum absolute atomic E-state index is 12.1. The molecule has 126 valence electrons. The third-order valence-electron chi connectivity index (χ3n) is 2.94. The molecule has 2 aromatic rings. The van der Waals surface area contributed by atoms with Gasteiger partial charge in [-0.05, 0) is 19.1 Å². The molecule has 1 amide bonds. The van der Waals surface area contributed by atoms with E-state index in [9.17, 15) is 14.4 Å². The van der Waals surface area contributed by atoms with Gasteiger partial charge in [0, 0.05) is 5.38 Å². The van der Waals surface area contributed by atoms with E-state index in [1.54, 1.807) is 36.6 Å². The predicted molar refractivity (Wildman–Crippen MR) is 88.2 cm³/mol. The third-order valence-corrected chi connectivity index (χ3v) is 3.84. The zero-order chi connectivity index (χ0) is 17.5. The zero-order valence-electron chi connectivity index (χ0n) is 12.9. The number of aliphatic carboxylic acids is 1. The highest BCUT2D eigenvalue weighted by atomic mass is 32.1. The number of nitrogens with zero attached hydrogens (tertiary/aromatic N) is 1. The average molecular weight is 348 g/mol. The SMILES string of the molecule is CCOC(=O)c1ccccc1NC(=O)Cc1nc(CC(=O)O)cs1. The number of anilines is 1. The van der Waals surface area contributed by atoms with Crippen molar-refractivity contribution in [2.45, 2.75) is 19.8 Å². The number of carbonyl (C=O) groups excluding carboxylic acids is 2. The number of para-hydroxylation sites is 1. The van der Waals surface area contributed by atoms with Crippen LogP contribution in [0.2, 0.25) is 0 Å². The second-order valence-electron chi connectivity index (χ2n) is 4.79. The first-order chi connectivity index (χ1) is 11.5. The fourth-order valence-electron chi connectivity index (χ4n) is 1.98. The van der Waals surface area contributed by atoms with Crippen LogP contribution in [0.15, 0.2) is 29.6 Å². The van der Waals surface area contributed by atoms with Crippen molar-refractivity contribution in [3.63, 3.8) is 0 Å². The summed E-state index contributed by atoms with van der Waals surface area (Å²) < 4.78 is 4.95. The third kappa shape index (κ3) is 4.88. The van der Waals surface area contributed by atoms with Crippen LogP contribution < -0.4 is 5.32 Å². The Hall–Kier alpha value is -2.74. The molecule has 7 nitrogen and oxygen atoms in total. The first-order valence-electron chi connectivity index (χ1n) is 7.20. The van der Waals surface area contributed by atoms with Gasteiger partial charge in [0.25, 0.3) is 0 Å². The van der Waals surface area contributed by atoms with Crippen molar-refractivity contribution in [2.75, 3.05) is 11.9 Å². The van der Waals surface area contributed by atoms with Crippen LogP contribution in [-0.4, -0.2) is 34.5 Å². The van der Waals surface area contributed by atoms with E-state index in [2.05, 4.69) is 10.3 Å². The summed E-state index contributed by atoms with van der Waals surface area (Å²) in [6, 6.07) is 6.57. The van der Waals surface area contributed by atoms with Gasteiger partial charge in [-0.25, -0.2) is 9.78 Å². The summed E-state index contributed by atoms with van der Waals surface area (Å²) in [4.78, 5) is 38.7. The highest BCUT2D eigenvalue weighted by Gasteiger charge is 2.15. The normalized spacial score (nSPS) is 10.2. The Kier molecular flexibility index (Phi) is 6.02. The molecule has 0 aliphatic carbocycles. The van der Waals surface area contributed by atoms with E-state index in [4.69, 9.17) is 9.84 Å². The topological polar surface area (TPSA) is 106 Å². The minimum atomic E-state index is -0.973. The van der Waals surface area contributed by atoms with Crippen LogP contribution in [0, 0.1) is 0 Å². The van der Waals surface area contributed by atoms with E-state index in [0.717, 1.165) is 0 Å². The Bertz CT molecular complexity index is 756. The first-order valence-corrected chi connectivity index (χ1v) is 8.08. The van der Waals surface area contributed by atoms with Crippen molar-refractivity contribution in [2.24, 2.45) is 0 Å². The number of thiazole rings is 1. The van der Waals surface area contributed by atoms with Crippen LogP contribution in [0.4, 0.5) is 5.69 Å². The molecule has 24 heavy (non-hydrogen) atoms. The summed E-state index contributed by atoms with van der Waals surface area (Å²) >= 11 is 1.22. The van der Waals surface area contributed by atoms with Gasteiger partial charge in [-0.3, -0.25) is 9.59 Å². The molecule has 0 radical (unpaired) electrons. The van der Waals surface area contributed by atoms with Gasteiger partial charge in [-0.1, -0.05) is 12.1 Å². The molecule has 0 saturated heterocycles. The lowest BCUT2D eigenvalue weighted by Crippen LogP contribution is -2.17. The number of rotatable bonds is 7. The van der Waals surface area contributed by atoms with Crippen LogP contribution in [0.25, 0.3) is 0 Å². The molecular formula is C16H16N2O5S. The molecule has 8 heteroatoms. The number of esters is 1. The van der Waals surface area contributed by atoms with Crippen LogP contribution in [-0.2, 0) is 27.2 Å². The standard InChI is InChI=1S/C16H16N2O5S/c1-2-23-16(22)11-5-3-4-6-12(11)18-13(19)8-14-17-10(9-24-14)7-15(20)21/h3-6,9H,2,7-8H2,1H3,(H,18,19)(H,20,21). The van der Waals surface area contributed by atoms with Gasteiger partial charge in [0.1, 0.15) is 5.01 Å². The highest BCUT2D eigenvalue weighted by molar-refractivity contribution is 7.09. The quantitative estimate of drug-likeness (QED) is 0.743. The van der Waals surface area contributed by atoms with Gasteiger partial charge < -0.3 is 15.2 Å². The number of hydrogen-bond donors (Lipinski definition) is 2. The smallest absolute Gasteiger partial charge is 0.340 e. The number of aromatic nitrogens is 1. The van der Waals surface area contributed by atoms with E-state index >= 15 is 0 Å². The van der Waals surface area contributed by atoms with Crippen LogP contribution in [0.5, 0.6) is 0 Å². The molecule has 2 rings (SSSR count). The van der Waals surface area contributed by atoms with Gasteiger partial charge in [0.2, 0.25) is 5.91 Å². The van der Waals surface area contributed by atoms with Crippen molar-refractivity contribution in [3.8, 4) is 0 Å². The largest absolute Gasteiger partial charge is 0.481 e. The number of hydrogen-bond acceptors (Lipinski definition) is 6. The van der Waals surface area contributed by atoms with Gasteiger partial charge >= 0.3 is 11.9 Å². The lowest BCUT2D eigenvalue weighted by atomic mass is 10.1. The minimum Gasteiger partial charge on any atom is -0.481 e. The number of amides is 1. The fraction of sp³-hybridized carbons (Fsp3) is 0.250. The molecular weight excluding hydrogens is 332 g/mol. The zero-order valence-corrected chi connectivity index (χ0v) is 13.8. The van der Waals surface area contributed by atoms with E-state index in [0.29, 0.717) is 16.4 Å². The van der Waals surface area contributed by atoms with E-state index in [1.165, 1.54) is 11.3 Å². The maximum Gasteiger partial charge on any atom is 0.340 e. The van der Waals surface area contributed by atoms with E-state index in [-0.39, 0.29) is 30.9 Å². The summed E-state index contributed by atoms with van der Waals surface area (Å²) in [7, 11) is 0. The van der Waals surface area contributed by atoms with E-state index < -0.39 is 11.9 Å². The minimum absolute atomic E-state index is 0.00143. The molecule has 0 atom stereocenters. The van der Waals surface area contributed by atoms with Crippen LogP contribution >= 0.6 is 11.3 Å². The number of nitrogens with one attached hydrogen (secondary N) is 1. The maximum atomic E-state index is 12.1. The van der Waals surface area contributed by atoms with Crippen molar-refractivity contribution in [3.05, 3.63) is 45.9 Å². The Morgan fingerprint density at radius 1 is 1.25 bits per heavy atom. The lowest BCUT2D eigenvalue weighted by Gasteiger charge is -2.09.